The maximum Gasteiger partial charge on any atom is 0.123 e. The van der Waals surface area contributed by atoms with Crippen LogP contribution < -0.4 is 4.74 Å². The van der Waals surface area contributed by atoms with E-state index in [0.29, 0.717) is 0 Å². The van der Waals surface area contributed by atoms with Gasteiger partial charge in [-0.3, -0.25) is 0 Å². The third-order valence-electron chi connectivity index (χ3n) is 3.69. The summed E-state index contributed by atoms with van der Waals surface area (Å²) in [4.78, 5) is 0. The molecule has 0 aliphatic carbocycles. The van der Waals surface area contributed by atoms with Crippen molar-refractivity contribution < 1.29 is 4.74 Å². The second-order valence-corrected chi connectivity index (χ2v) is 8.60. The van der Waals surface area contributed by atoms with Crippen LogP contribution in [-0.2, 0) is 10.8 Å². The lowest BCUT2D eigenvalue weighted by Crippen LogP contribution is -2.17. The van der Waals surface area contributed by atoms with Gasteiger partial charge in [-0.2, -0.15) is 0 Å². The lowest BCUT2D eigenvalue weighted by atomic mass is 9.80. The molecule has 21 heavy (non-hydrogen) atoms. The van der Waals surface area contributed by atoms with Gasteiger partial charge in [0.1, 0.15) is 5.75 Å². The molecule has 0 radical (unpaired) electrons. The number of halogens is 1. The summed E-state index contributed by atoms with van der Waals surface area (Å²) in [5.74, 6) is 1.05. The summed E-state index contributed by atoms with van der Waals surface area (Å²) in [7, 11) is 0. The van der Waals surface area contributed by atoms with Crippen LogP contribution in [0.5, 0.6) is 5.75 Å². The van der Waals surface area contributed by atoms with Gasteiger partial charge in [-0.25, -0.2) is 0 Å². The number of alkyl halides is 1. The Morgan fingerprint density at radius 3 is 2.10 bits per heavy atom. The molecule has 0 aromatic heterocycles. The Morgan fingerprint density at radius 1 is 0.905 bits per heavy atom. The van der Waals surface area contributed by atoms with Crippen molar-refractivity contribution in [2.24, 2.45) is 0 Å². The molecular formula is C19H31BrO. The minimum absolute atomic E-state index is 0.104. The molecule has 0 unspecified atom stereocenters. The third kappa shape index (κ3) is 6.02. The lowest BCUT2D eigenvalue weighted by molar-refractivity contribution is 0.298. The Morgan fingerprint density at radius 2 is 1.57 bits per heavy atom. The monoisotopic (exact) mass is 354 g/mol. The molecule has 0 fully saturated rings. The zero-order chi connectivity index (χ0) is 16.1. The molecule has 0 heterocycles. The second-order valence-electron chi connectivity index (χ2n) is 7.81. The summed E-state index contributed by atoms with van der Waals surface area (Å²) < 4.78 is 6.06. The van der Waals surface area contributed by atoms with Crippen molar-refractivity contribution in [3.63, 3.8) is 0 Å². The topological polar surface area (TPSA) is 9.23 Å². The molecule has 0 atom stereocenters. The summed E-state index contributed by atoms with van der Waals surface area (Å²) in [5.41, 5.74) is 2.97. The van der Waals surface area contributed by atoms with Crippen molar-refractivity contribution in [2.45, 2.75) is 71.6 Å². The normalized spacial score (nSPS) is 12.5. The van der Waals surface area contributed by atoms with E-state index in [1.807, 2.05) is 0 Å². The van der Waals surface area contributed by atoms with Crippen molar-refractivity contribution in [2.75, 3.05) is 11.9 Å². The number of hydrogen-bond donors (Lipinski definition) is 0. The van der Waals surface area contributed by atoms with Crippen LogP contribution in [0.1, 0.15) is 71.9 Å². The van der Waals surface area contributed by atoms with Gasteiger partial charge in [0.25, 0.3) is 0 Å². The molecule has 0 amide bonds. The highest BCUT2D eigenvalue weighted by molar-refractivity contribution is 9.09. The molecule has 0 N–H and O–H groups in total. The molecule has 2 heteroatoms. The van der Waals surface area contributed by atoms with Crippen LogP contribution in [0.15, 0.2) is 18.2 Å². The van der Waals surface area contributed by atoms with Gasteiger partial charge >= 0.3 is 0 Å². The maximum atomic E-state index is 6.06. The molecule has 0 saturated heterocycles. The van der Waals surface area contributed by atoms with Gasteiger partial charge in [0.15, 0.2) is 0 Å². The van der Waals surface area contributed by atoms with Crippen LogP contribution in [0.4, 0.5) is 0 Å². The highest BCUT2D eigenvalue weighted by atomic mass is 79.9. The predicted molar refractivity (Wildman–Crippen MR) is 97.0 cm³/mol. The minimum Gasteiger partial charge on any atom is -0.493 e. The maximum absolute atomic E-state index is 6.06. The molecular weight excluding hydrogens is 324 g/mol. The van der Waals surface area contributed by atoms with E-state index in [-0.39, 0.29) is 10.8 Å². The third-order valence-corrected chi connectivity index (χ3v) is 4.25. The number of hydrogen-bond acceptors (Lipinski definition) is 1. The van der Waals surface area contributed by atoms with Crippen LogP contribution >= 0.6 is 15.9 Å². The van der Waals surface area contributed by atoms with E-state index in [1.165, 1.54) is 24.0 Å². The first-order chi connectivity index (χ1) is 9.66. The molecule has 0 spiro atoms. The first-order valence-electron chi connectivity index (χ1n) is 8.00. The Hall–Kier alpha value is -0.500. The van der Waals surface area contributed by atoms with Crippen LogP contribution in [0.25, 0.3) is 0 Å². The molecule has 0 aliphatic heterocycles. The molecule has 1 aromatic carbocycles. The summed E-state index contributed by atoms with van der Waals surface area (Å²) >= 11 is 3.47. The Kier molecular flexibility index (Phi) is 6.77. The van der Waals surface area contributed by atoms with Gasteiger partial charge in [-0.1, -0.05) is 69.6 Å². The van der Waals surface area contributed by atoms with Crippen molar-refractivity contribution in [1.82, 2.24) is 0 Å². The Balaban J connectivity index is 2.88. The first-order valence-corrected chi connectivity index (χ1v) is 9.12. The first kappa shape index (κ1) is 18.5. The molecule has 0 aliphatic rings. The highest BCUT2D eigenvalue weighted by Crippen LogP contribution is 2.35. The molecule has 0 bridgehead atoms. The molecule has 0 saturated carbocycles. The molecule has 1 nitrogen and oxygen atoms in total. The van der Waals surface area contributed by atoms with E-state index in [1.54, 1.807) is 0 Å². The van der Waals surface area contributed by atoms with E-state index in [2.05, 4.69) is 75.7 Å². The smallest absolute Gasteiger partial charge is 0.123 e. The zero-order valence-electron chi connectivity index (χ0n) is 14.6. The van der Waals surface area contributed by atoms with E-state index in [0.717, 1.165) is 24.1 Å². The standard InChI is InChI=1S/C19H31BrO/c1-18(2,3)15-10-11-17(16(14-15)19(4,5)6)21-13-9-7-8-12-20/h10-11,14H,7-9,12-13H2,1-6H3. The minimum atomic E-state index is 0.104. The van der Waals surface area contributed by atoms with E-state index in [9.17, 15) is 0 Å². The van der Waals surface area contributed by atoms with Gasteiger partial charge in [0.2, 0.25) is 0 Å². The number of rotatable bonds is 6. The zero-order valence-corrected chi connectivity index (χ0v) is 16.1. The number of benzene rings is 1. The second kappa shape index (κ2) is 7.67. The van der Waals surface area contributed by atoms with Crippen molar-refractivity contribution >= 4 is 15.9 Å². The molecule has 1 aromatic rings. The summed E-state index contributed by atoms with van der Waals surface area (Å²) in [6.07, 6.45) is 3.56. The fraction of sp³-hybridized carbons (Fsp3) is 0.684. The SMILES string of the molecule is CC(C)(C)c1ccc(OCCCCCBr)c(C(C)(C)C)c1. The number of unbranched alkanes of at least 4 members (excludes halogenated alkanes) is 2. The lowest BCUT2D eigenvalue weighted by Gasteiger charge is -2.27. The summed E-state index contributed by atoms with van der Waals surface area (Å²) in [5, 5.41) is 1.08. The van der Waals surface area contributed by atoms with Crippen molar-refractivity contribution in [1.29, 1.82) is 0 Å². The quantitative estimate of drug-likeness (QED) is 0.434. The highest BCUT2D eigenvalue weighted by Gasteiger charge is 2.22. The average molecular weight is 355 g/mol. The van der Waals surface area contributed by atoms with Crippen LogP contribution in [0.2, 0.25) is 0 Å². The van der Waals surface area contributed by atoms with Gasteiger partial charge in [0, 0.05) is 5.33 Å². The van der Waals surface area contributed by atoms with Gasteiger partial charge in [-0.15, -0.1) is 0 Å². The van der Waals surface area contributed by atoms with Gasteiger partial charge in [0.05, 0.1) is 6.61 Å². The van der Waals surface area contributed by atoms with Crippen molar-refractivity contribution in [3.8, 4) is 5.75 Å². The van der Waals surface area contributed by atoms with Gasteiger partial charge in [-0.05, 0) is 47.3 Å². The van der Waals surface area contributed by atoms with Crippen LogP contribution in [0.3, 0.4) is 0 Å². The molecule has 120 valence electrons. The Labute approximate surface area is 139 Å². The summed E-state index contributed by atoms with van der Waals surface area (Å²) in [6, 6.07) is 6.70. The average Bonchev–Trinajstić information content (AvgIpc) is 2.36. The fourth-order valence-electron chi connectivity index (χ4n) is 2.26. The van der Waals surface area contributed by atoms with Crippen LogP contribution in [-0.4, -0.2) is 11.9 Å². The Bertz CT molecular complexity index is 438. The number of ether oxygens (including phenoxy) is 1. The van der Waals surface area contributed by atoms with E-state index < -0.39 is 0 Å². The fourth-order valence-corrected chi connectivity index (χ4v) is 2.66. The summed E-state index contributed by atoms with van der Waals surface area (Å²) in [6.45, 7) is 14.4. The van der Waals surface area contributed by atoms with E-state index >= 15 is 0 Å². The van der Waals surface area contributed by atoms with Crippen LogP contribution in [0, 0.1) is 0 Å². The molecule has 1 rings (SSSR count). The van der Waals surface area contributed by atoms with Gasteiger partial charge < -0.3 is 4.74 Å². The van der Waals surface area contributed by atoms with E-state index in [4.69, 9.17) is 4.74 Å². The predicted octanol–water partition coefficient (Wildman–Crippen LogP) is 6.23. The van der Waals surface area contributed by atoms with Crippen molar-refractivity contribution in [3.05, 3.63) is 29.3 Å². The largest absolute Gasteiger partial charge is 0.493 e.